The van der Waals surface area contributed by atoms with Crippen LogP contribution in [0.3, 0.4) is 0 Å². The summed E-state index contributed by atoms with van der Waals surface area (Å²) < 4.78 is 12.5. The molecule has 0 amide bonds. The third-order valence-electron chi connectivity index (χ3n) is 3.28. The van der Waals surface area contributed by atoms with Crippen LogP contribution in [0.5, 0.6) is 0 Å². The molecule has 0 aromatic carbocycles. The fourth-order valence-corrected chi connectivity index (χ4v) is 2.19. The van der Waals surface area contributed by atoms with E-state index in [1.54, 1.807) is 7.11 Å². The Hall–Kier alpha value is -1.11. The lowest BCUT2D eigenvalue weighted by molar-refractivity contribution is 0.0398. The van der Waals surface area contributed by atoms with Crippen LogP contribution in [-0.4, -0.2) is 67.6 Å². The molecule has 108 valence electrons. The first-order valence-corrected chi connectivity index (χ1v) is 6.94. The third-order valence-corrected chi connectivity index (χ3v) is 3.28. The lowest BCUT2D eigenvalue weighted by Gasteiger charge is -2.26. The Morgan fingerprint density at radius 3 is 3.00 bits per heavy atom. The van der Waals surface area contributed by atoms with Gasteiger partial charge in [-0.15, -0.1) is 0 Å². The van der Waals surface area contributed by atoms with Crippen molar-refractivity contribution in [2.24, 2.45) is 0 Å². The predicted octanol–water partition coefficient (Wildman–Crippen LogP) is 0.664. The first-order valence-electron chi connectivity index (χ1n) is 6.94. The van der Waals surface area contributed by atoms with E-state index in [-0.39, 0.29) is 0 Å². The van der Waals surface area contributed by atoms with Crippen molar-refractivity contribution >= 4 is 5.95 Å². The zero-order chi connectivity index (χ0) is 13.3. The highest BCUT2D eigenvalue weighted by Crippen LogP contribution is 2.05. The molecule has 0 radical (unpaired) electrons. The molecule has 1 saturated heterocycles. The number of ether oxygens (including phenoxy) is 2. The fraction of sp³-hybridized carbons (Fsp3) is 0.769. The molecule has 6 nitrogen and oxygen atoms in total. The minimum atomic E-state index is 0.783. The number of methoxy groups -OCH3 is 1. The molecular formula is C13H24N4O2. The van der Waals surface area contributed by atoms with Crippen molar-refractivity contribution in [3.8, 4) is 0 Å². The van der Waals surface area contributed by atoms with E-state index >= 15 is 0 Å². The molecule has 19 heavy (non-hydrogen) atoms. The quantitative estimate of drug-likeness (QED) is 0.702. The summed E-state index contributed by atoms with van der Waals surface area (Å²) in [6.45, 7) is 7.44. The Kier molecular flexibility index (Phi) is 6.13. The average Bonchev–Trinajstić information content (AvgIpc) is 2.88. The van der Waals surface area contributed by atoms with Crippen molar-refractivity contribution in [3.05, 3.63) is 12.4 Å². The number of imidazole rings is 1. The molecule has 0 saturated carbocycles. The number of aryl methyl sites for hydroxylation is 1. The number of hydrogen-bond donors (Lipinski definition) is 1. The van der Waals surface area contributed by atoms with Crippen molar-refractivity contribution in [2.45, 2.75) is 13.0 Å². The largest absolute Gasteiger partial charge is 0.385 e. The van der Waals surface area contributed by atoms with E-state index in [1.165, 1.54) is 0 Å². The van der Waals surface area contributed by atoms with Gasteiger partial charge in [0, 0.05) is 58.8 Å². The molecule has 2 heterocycles. The van der Waals surface area contributed by atoms with Crippen LogP contribution in [0.25, 0.3) is 0 Å². The van der Waals surface area contributed by atoms with E-state index in [9.17, 15) is 0 Å². The van der Waals surface area contributed by atoms with Crippen molar-refractivity contribution in [1.29, 1.82) is 0 Å². The van der Waals surface area contributed by atoms with Crippen molar-refractivity contribution < 1.29 is 9.47 Å². The molecule has 6 heteroatoms. The van der Waals surface area contributed by atoms with E-state index in [0.29, 0.717) is 0 Å². The smallest absolute Gasteiger partial charge is 0.202 e. The molecule has 1 aliphatic heterocycles. The fourth-order valence-electron chi connectivity index (χ4n) is 2.19. The van der Waals surface area contributed by atoms with Crippen LogP contribution in [0, 0.1) is 0 Å². The number of nitrogens with one attached hydrogen (secondary N) is 1. The lowest BCUT2D eigenvalue weighted by atomic mass is 10.4. The van der Waals surface area contributed by atoms with Crippen LogP contribution in [0.1, 0.15) is 6.42 Å². The Morgan fingerprint density at radius 1 is 1.37 bits per heavy atom. The molecule has 1 aromatic heterocycles. The molecule has 1 aromatic rings. The van der Waals surface area contributed by atoms with E-state index in [0.717, 1.165) is 64.9 Å². The predicted molar refractivity (Wildman–Crippen MR) is 74.5 cm³/mol. The van der Waals surface area contributed by atoms with Crippen LogP contribution in [-0.2, 0) is 16.0 Å². The summed E-state index contributed by atoms with van der Waals surface area (Å²) in [7, 11) is 1.73. The average molecular weight is 268 g/mol. The van der Waals surface area contributed by atoms with Gasteiger partial charge in [-0.2, -0.15) is 0 Å². The van der Waals surface area contributed by atoms with Gasteiger partial charge in [-0.05, 0) is 6.42 Å². The number of rotatable bonds is 8. The van der Waals surface area contributed by atoms with Crippen LogP contribution in [0.15, 0.2) is 12.4 Å². The van der Waals surface area contributed by atoms with Gasteiger partial charge in [0.25, 0.3) is 0 Å². The second-order valence-corrected chi connectivity index (χ2v) is 4.67. The van der Waals surface area contributed by atoms with Gasteiger partial charge >= 0.3 is 0 Å². The molecular weight excluding hydrogens is 244 g/mol. The summed E-state index contributed by atoms with van der Waals surface area (Å²) in [6, 6.07) is 0. The van der Waals surface area contributed by atoms with Gasteiger partial charge in [-0.25, -0.2) is 4.98 Å². The summed E-state index contributed by atoms with van der Waals surface area (Å²) in [6.07, 6.45) is 4.85. The summed E-state index contributed by atoms with van der Waals surface area (Å²) in [5.41, 5.74) is 0. The molecule has 1 aliphatic rings. The minimum absolute atomic E-state index is 0.783. The van der Waals surface area contributed by atoms with Crippen molar-refractivity contribution in [3.63, 3.8) is 0 Å². The Bertz CT molecular complexity index is 350. The summed E-state index contributed by atoms with van der Waals surface area (Å²) in [5.74, 6) is 0.948. The number of aromatic nitrogens is 2. The maximum Gasteiger partial charge on any atom is 0.202 e. The SMILES string of the molecule is COCCCn1ccnc1NCCN1CCOCC1. The highest BCUT2D eigenvalue weighted by molar-refractivity contribution is 5.25. The van der Waals surface area contributed by atoms with E-state index in [4.69, 9.17) is 9.47 Å². The summed E-state index contributed by atoms with van der Waals surface area (Å²) in [4.78, 5) is 6.76. The molecule has 0 spiro atoms. The maximum absolute atomic E-state index is 5.34. The van der Waals surface area contributed by atoms with E-state index < -0.39 is 0 Å². The standard InChI is InChI=1S/C13H24N4O2/c1-18-10-2-5-17-7-4-15-13(17)14-3-6-16-8-11-19-12-9-16/h4,7H,2-3,5-6,8-12H2,1H3,(H,14,15). The molecule has 0 aliphatic carbocycles. The highest BCUT2D eigenvalue weighted by atomic mass is 16.5. The summed E-state index contributed by atoms with van der Waals surface area (Å²) >= 11 is 0. The molecule has 0 bridgehead atoms. The molecule has 2 rings (SSSR count). The second-order valence-electron chi connectivity index (χ2n) is 4.67. The monoisotopic (exact) mass is 268 g/mol. The molecule has 1 fully saturated rings. The van der Waals surface area contributed by atoms with Gasteiger partial charge in [0.2, 0.25) is 5.95 Å². The highest BCUT2D eigenvalue weighted by Gasteiger charge is 2.09. The summed E-state index contributed by atoms with van der Waals surface area (Å²) in [5, 5.41) is 3.40. The Balaban J connectivity index is 1.68. The molecule has 1 N–H and O–H groups in total. The zero-order valence-electron chi connectivity index (χ0n) is 11.7. The Labute approximate surface area is 114 Å². The van der Waals surface area contributed by atoms with Crippen molar-refractivity contribution in [1.82, 2.24) is 14.5 Å². The van der Waals surface area contributed by atoms with Crippen LogP contribution in [0.4, 0.5) is 5.95 Å². The Morgan fingerprint density at radius 2 is 2.21 bits per heavy atom. The van der Waals surface area contributed by atoms with Gasteiger partial charge in [0.15, 0.2) is 0 Å². The van der Waals surface area contributed by atoms with Crippen LogP contribution < -0.4 is 5.32 Å². The first-order chi connectivity index (χ1) is 9.40. The number of morpholine rings is 1. The molecule has 0 unspecified atom stereocenters. The van der Waals surface area contributed by atoms with Crippen molar-refractivity contribution in [2.75, 3.05) is 58.4 Å². The molecule has 0 atom stereocenters. The van der Waals surface area contributed by atoms with Gasteiger partial charge < -0.3 is 19.4 Å². The zero-order valence-corrected chi connectivity index (χ0v) is 11.7. The third kappa shape index (κ3) is 4.81. The first kappa shape index (κ1) is 14.3. The van der Waals surface area contributed by atoms with Gasteiger partial charge in [0.1, 0.15) is 0 Å². The van der Waals surface area contributed by atoms with E-state index in [1.807, 2.05) is 12.4 Å². The number of anilines is 1. The normalized spacial score (nSPS) is 16.7. The minimum Gasteiger partial charge on any atom is -0.385 e. The van der Waals surface area contributed by atoms with Gasteiger partial charge in [-0.3, -0.25) is 4.90 Å². The van der Waals surface area contributed by atoms with Gasteiger partial charge in [-0.1, -0.05) is 0 Å². The van der Waals surface area contributed by atoms with Crippen LogP contribution >= 0.6 is 0 Å². The lowest BCUT2D eigenvalue weighted by Crippen LogP contribution is -2.39. The second kappa shape index (κ2) is 8.14. The van der Waals surface area contributed by atoms with E-state index in [2.05, 4.69) is 19.8 Å². The van der Waals surface area contributed by atoms with Crippen LogP contribution in [0.2, 0.25) is 0 Å². The topological polar surface area (TPSA) is 51.5 Å². The van der Waals surface area contributed by atoms with Gasteiger partial charge in [0.05, 0.1) is 13.2 Å². The number of nitrogens with zero attached hydrogens (tertiary/aromatic N) is 3. The maximum atomic E-state index is 5.34. The number of hydrogen-bond acceptors (Lipinski definition) is 5.